The number of rotatable bonds is 4. The first-order valence-corrected chi connectivity index (χ1v) is 8.25. The molecule has 0 radical (unpaired) electrons. The first-order chi connectivity index (χ1) is 10.2. The van der Waals surface area contributed by atoms with Crippen LogP contribution >= 0.6 is 11.8 Å². The van der Waals surface area contributed by atoms with Crippen LogP contribution < -0.4 is 5.32 Å². The van der Waals surface area contributed by atoms with E-state index in [9.17, 15) is 0 Å². The largest absolute Gasteiger partial charge is 0.459 e. The van der Waals surface area contributed by atoms with E-state index in [0.717, 1.165) is 16.7 Å². The molecule has 0 aliphatic heterocycles. The topological polar surface area (TPSA) is 25.2 Å². The lowest BCUT2D eigenvalue weighted by Crippen LogP contribution is -2.16. The van der Waals surface area contributed by atoms with Crippen molar-refractivity contribution in [3.05, 3.63) is 65.4 Å². The van der Waals surface area contributed by atoms with Gasteiger partial charge in [0.2, 0.25) is 0 Å². The highest BCUT2D eigenvalue weighted by molar-refractivity contribution is 7.98. The Balaban J connectivity index is 2.02. The Hall–Kier alpha value is -1.71. The molecule has 0 saturated carbocycles. The van der Waals surface area contributed by atoms with E-state index in [2.05, 4.69) is 67.0 Å². The van der Waals surface area contributed by atoms with E-state index in [0.29, 0.717) is 0 Å². The number of para-hydroxylation sites is 1. The van der Waals surface area contributed by atoms with Crippen molar-refractivity contribution in [3.8, 4) is 0 Å². The molecule has 0 fully saturated rings. The molecule has 1 heterocycles. The highest BCUT2D eigenvalue weighted by Gasteiger charge is 2.17. The van der Waals surface area contributed by atoms with Gasteiger partial charge in [-0.05, 0) is 49.6 Å². The average molecular weight is 297 g/mol. The number of benzene rings is 2. The molecule has 108 valence electrons. The summed E-state index contributed by atoms with van der Waals surface area (Å²) in [5.74, 6) is 0.957. The van der Waals surface area contributed by atoms with E-state index in [1.165, 1.54) is 16.0 Å². The van der Waals surface area contributed by atoms with Gasteiger partial charge in [-0.25, -0.2) is 0 Å². The molecule has 0 amide bonds. The zero-order chi connectivity index (χ0) is 14.8. The molecule has 1 atom stereocenters. The highest BCUT2D eigenvalue weighted by Crippen LogP contribution is 2.30. The fourth-order valence-electron chi connectivity index (χ4n) is 2.64. The van der Waals surface area contributed by atoms with E-state index >= 15 is 0 Å². The summed E-state index contributed by atoms with van der Waals surface area (Å²) in [5, 5.41) is 4.51. The Kier molecular flexibility index (Phi) is 4.04. The molecule has 1 aromatic heterocycles. The minimum Gasteiger partial charge on any atom is -0.459 e. The Morgan fingerprint density at radius 1 is 1.10 bits per heavy atom. The lowest BCUT2D eigenvalue weighted by Gasteiger charge is -2.14. The highest BCUT2D eigenvalue weighted by atomic mass is 32.2. The number of aryl methyl sites for hydroxylation is 1. The van der Waals surface area contributed by atoms with Crippen LogP contribution in [0.3, 0.4) is 0 Å². The zero-order valence-electron chi connectivity index (χ0n) is 12.5. The van der Waals surface area contributed by atoms with Gasteiger partial charge in [0.15, 0.2) is 0 Å². The second-order valence-corrected chi connectivity index (χ2v) is 6.02. The minimum atomic E-state index is 0.0766. The third-order valence-electron chi connectivity index (χ3n) is 3.78. The van der Waals surface area contributed by atoms with Gasteiger partial charge in [-0.2, -0.15) is 0 Å². The van der Waals surface area contributed by atoms with Crippen LogP contribution in [0.15, 0.2) is 57.8 Å². The van der Waals surface area contributed by atoms with Gasteiger partial charge < -0.3 is 9.73 Å². The minimum absolute atomic E-state index is 0.0766. The molecule has 3 heteroatoms. The molecule has 0 saturated heterocycles. The predicted molar refractivity (Wildman–Crippen MR) is 90.1 cm³/mol. The summed E-state index contributed by atoms with van der Waals surface area (Å²) in [6, 6.07) is 17.1. The van der Waals surface area contributed by atoms with E-state index < -0.39 is 0 Å². The number of fused-ring (bicyclic) bond motifs is 1. The van der Waals surface area contributed by atoms with Gasteiger partial charge in [-0.3, -0.25) is 0 Å². The summed E-state index contributed by atoms with van der Waals surface area (Å²) >= 11 is 1.75. The van der Waals surface area contributed by atoms with E-state index in [-0.39, 0.29) is 6.04 Å². The summed E-state index contributed by atoms with van der Waals surface area (Å²) in [6.07, 6.45) is 2.09. The van der Waals surface area contributed by atoms with Crippen molar-refractivity contribution in [2.24, 2.45) is 0 Å². The SMILES string of the molecule is CNC(c1ccc(SC)cc1)c1cc2cccc(C)c2o1. The van der Waals surface area contributed by atoms with Gasteiger partial charge >= 0.3 is 0 Å². The van der Waals surface area contributed by atoms with E-state index in [1.807, 2.05) is 7.05 Å². The third kappa shape index (κ3) is 2.71. The Bertz CT molecular complexity index is 746. The fourth-order valence-corrected chi connectivity index (χ4v) is 3.05. The van der Waals surface area contributed by atoms with Crippen molar-refractivity contribution < 1.29 is 4.42 Å². The first-order valence-electron chi connectivity index (χ1n) is 7.03. The van der Waals surface area contributed by atoms with Crippen molar-refractivity contribution in [2.75, 3.05) is 13.3 Å². The van der Waals surface area contributed by atoms with Gasteiger partial charge in [0.1, 0.15) is 11.3 Å². The Labute approximate surface area is 129 Å². The van der Waals surface area contributed by atoms with Gasteiger partial charge in [0.25, 0.3) is 0 Å². The lowest BCUT2D eigenvalue weighted by atomic mass is 10.0. The van der Waals surface area contributed by atoms with Crippen LogP contribution in [0.25, 0.3) is 11.0 Å². The van der Waals surface area contributed by atoms with Crippen LogP contribution in [0.4, 0.5) is 0 Å². The number of hydrogen-bond acceptors (Lipinski definition) is 3. The maximum absolute atomic E-state index is 6.10. The number of furan rings is 1. The van der Waals surface area contributed by atoms with E-state index in [4.69, 9.17) is 4.42 Å². The second kappa shape index (κ2) is 5.96. The van der Waals surface area contributed by atoms with Gasteiger partial charge in [-0.1, -0.05) is 30.3 Å². The maximum atomic E-state index is 6.10. The molecule has 0 aliphatic carbocycles. The maximum Gasteiger partial charge on any atom is 0.137 e. The van der Waals surface area contributed by atoms with Gasteiger partial charge in [0, 0.05) is 10.3 Å². The van der Waals surface area contributed by atoms with Crippen molar-refractivity contribution in [3.63, 3.8) is 0 Å². The van der Waals surface area contributed by atoms with Crippen molar-refractivity contribution >= 4 is 22.7 Å². The van der Waals surface area contributed by atoms with Crippen LogP contribution in [0.2, 0.25) is 0 Å². The van der Waals surface area contributed by atoms with Crippen LogP contribution in [-0.4, -0.2) is 13.3 Å². The lowest BCUT2D eigenvalue weighted by molar-refractivity contribution is 0.490. The molecule has 21 heavy (non-hydrogen) atoms. The molecule has 1 unspecified atom stereocenters. The van der Waals surface area contributed by atoms with Crippen LogP contribution in [0.1, 0.15) is 22.9 Å². The standard InChI is InChI=1S/C18H19NOS/c1-12-5-4-6-14-11-16(20-18(12)14)17(19-2)13-7-9-15(21-3)10-8-13/h4-11,17,19H,1-3H3. The van der Waals surface area contributed by atoms with Crippen LogP contribution in [-0.2, 0) is 0 Å². The third-order valence-corrected chi connectivity index (χ3v) is 4.53. The first kappa shape index (κ1) is 14.2. The van der Waals surface area contributed by atoms with Gasteiger partial charge in [0.05, 0.1) is 6.04 Å². The Morgan fingerprint density at radius 2 is 1.86 bits per heavy atom. The molecule has 3 aromatic rings. The fraction of sp³-hybridized carbons (Fsp3) is 0.222. The molecular formula is C18H19NOS. The van der Waals surface area contributed by atoms with Gasteiger partial charge in [-0.15, -0.1) is 11.8 Å². The molecule has 0 bridgehead atoms. The quantitative estimate of drug-likeness (QED) is 0.702. The molecule has 2 aromatic carbocycles. The molecule has 1 N–H and O–H groups in total. The van der Waals surface area contributed by atoms with Crippen LogP contribution in [0.5, 0.6) is 0 Å². The monoisotopic (exact) mass is 297 g/mol. The molecule has 0 aliphatic rings. The number of nitrogens with one attached hydrogen (secondary N) is 1. The molecule has 3 rings (SSSR count). The number of hydrogen-bond donors (Lipinski definition) is 1. The van der Waals surface area contributed by atoms with Crippen molar-refractivity contribution in [1.29, 1.82) is 0 Å². The second-order valence-electron chi connectivity index (χ2n) is 5.14. The smallest absolute Gasteiger partial charge is 0.137 e. The van der Waals surface area contributed by atoms with E-state index in [1.54, 1.807) is 11.8 Å². The zero-order valence-corrected chi connectivity index (χ0v) is 13.3. The predicted octanol–water partition coefficient (Wildman–Crippen LogP) is 4.77. The molecule has 0 spiro atoms. The summed E-state index contributed by atoms with van der Waals surface area (Å²) in [6.45, 7) is 2.08. The average Bonchev–Trinajstić information content (AvgIpc) is 2.94. The summed E-state index contributed by atoms with van der Waals surface area (Å²) < 4.78 is 6.10. The van der Waals surface area contributed by atoms with Crippen molar-refractivity contribution in [2.45, 2.75) is 17.9 Å². The Morgan fingerprint density at radius 3 is 2.48 bits per heavy atom. The normalized spacial score (nSPS) is 12.7. The molecular weight excluding hydrogens is 278 g/mol. The van der Waals surface area contributed by atoms with Crippen molar-refractivity contribution in [1.82, 2.24) is 5.32 Å². The molecule has 2 nitrogen and oxygen atoms in total. The summed E-state index contributed by atoms with van der Waals surface area (Å²) in [7, 11) is 1.97. The van der Waals surface area contributed by atoms with Crippen LogP contribution in [0, 0.1) is 6.92 Å². The summed E-state index contributed by atoms with van der Waals surface area (Å²) in [4.78, 5) is 1.27. The number of thioether (sulfide) groups is 1. The summed E-state index contributed by atoms with van der Waals surface area (Å²) in [5.41, 5.74) is 3.37.